The molecule has 0 amide bonds. The van der Waals surface area contributed by atoms with Crippen molar-refractivity contribution in [1.82, 2.24) is 20.0 Å². The number of rotatable bonds is 1. The number of carbonyl (C=O) groups is 1. The van der Waals surface area contributed by atoms with Gasteiger partial charge in [-0.05, 0) is 99.6 Å². The Morgan fingerprint density at radius 2 is 1.41 bits per heavy atom. The molecule has 22 heavy (non-hydrogen) atoms. The number of nitrogens with zero attached hydrogens (tertiary/aromatic N) is 3. The predicted molar refractivity (Wildman–Crippen MR) is 93.4 cm³/mol. The van der Waals surface area contributed by atoms with Crippen molar-refractivity contribution in [2.75, 3.05) is 67.0 Å². The Hall–Kier alpha value is -0.490. The molecule has 0 aromatic carbocycles. The fraction of sp³-hybridized carbons (Fsp3) is 0.941. The van der Waals surface area contributed by atoms with Crippen molar-refractivity contribution in [3.05, 3.63) is 0 Å². The minimum absolute atomic E-state index is 0.0683. The number of carbonyl (C=O) groups excluding carboxylic acids is 1. The van der Waals surface area contributed by atoms with E-state index < -0.39 is 0 Å². The van der Waals surface area contributed by atoms with Crippen LogP contribution in [0.4, 0.5) is 0 Å². The van der Waals surface area contributed by atoms with Gasteiger partial charge in [-0.2, -0.15) is 0 Å². The summed E-state index contributed by atoms with van der Waals surface area (Å²) in [6.45, 7) is 9.27. The van der Waals surface area contributed by atoms with Crippen LogP contribution in [-0.4, -0.2) is 93.5 Å². The Kier molecular flexibility index (Phi) is 9.87. The number of hydrogen-bond acceptors (Lipinski definition) is 5. The van der Waals surface area contributed by atoms with Crippen LogP contribution in [0, 0.1) is 0 Å². The van der Waals surface area contributed by atoms with Gasteiger partial charge in [0.15, 0.2) is 0 Å². The van der Waals surface area contributed by atoms with Crippen molar-refractivity contribution in [3.63, 3.8) is 0 Å². The monoisotopic (exact) mass is 312 g/mol. The SMILES string of the molecule is CC(=O)C1CCN(C)CCCNCCCN(C)CCCN1C. The number of likely N-dealkylation sites (N-methyl/N-ethyl adjacent to an activating group) is 1. The third kappa shape index (κ3) is 8.22. The molecule has 0 bridgehead atoms. The first-order valence-electron chi connectivity index (χ1n) is 8.79. The highest BCUT2D eigenvalue weighted by Gasteiger charge is 2.19. The molecule has 0 aromatic rings. The second-order valence-corrected chi connectivity index (χ2v) is 6.81. The molecule has 0 aliphatic carbocycles. The number of ketones is 1. The fourth-order valence-electron chi connectivity index (χ4n) is 3.12. The van der Waals surface area contributed by atoms with Crippen molar-refractivity contribution < 1.29 is 4.79 Å². The second-order valence-electron chi connectivity index (χ2n) is 6.81. The Labute approximate surface area is 137 Å². The van der Waals surface area contributed by atoms with Crippen LogP contribution in [0.2, 0.25) is 0 Å². The van der Waals surface area contributed by atoms with Gasteiger partial charge in [-0.25, -0.2) is 0 Å². The van der Waals surface area contributed by atoms with Gasteiger partial charge in [0, 0.05) is 0 Å². The minimum atomic E-state index is 0.0683. The normalized spacial score (nSPS) is 26.8. The molecule has 0 saturated carbocycles. The molecule has 1 heterocycles. The Balaban J connectivity index is 2.53. The summed E-state index contributed by atoms with van der Waals surface area (Å²) in [4.78, 5) is 18.9. The van der Waals surface area contributed by atoms with E-state index in [2.05, 4.69) is 41.2 Å². The van der Waals surface area contributed by atoms with Crippen molar-refractivity contribution in [2.24, 2.45) is 0 Å². The lowest BCUT2D eigenvalue weighted by Gasteiger charge is -2.29. The first-order valence-corrected chi connectivity index (χ1v) is 8.79. The molecule has 130 valence electrons. The van der Waals surface area contributed by atoms with E-state index in [1.807, 2.05) is 0 Å². The zero-order valence-electron chi connectivity index (χ0n) is 15.1. The van der Waals surface area contributed by atoms with Gasteiger partial charge >= 0.3 is 0 Å². The van der Waals surface area contributed by atoms with Crippen LogP contribution in [0.1, 0.15) is 32.6 Å². The van der Waals surface area contributed by atoms with E-state index in [1.165, 1.54) is 12.8 Å². The molecule has 1 N–H and O–H groups in total. The molecule has 1 atom stereocenters. The van der Waals surface area contributed by atoms with Gasteiger partial charge < -0.3 is 15.1 Å². The highest BCUT2D eigenvalue weighted by molar-refractivity contribution is 5.81. The molecule has 0 spiro atoms. The van der Waals surface area contributed by atoms with Crippen molar-refractivity contribution >= 4 is 5.78 Å². The Morgan fingerprint density at radius 1 is 0.864 bits per heavy atom. The molecule has 1 aliphatic heterocycles. The lowest BCUT2D eigenvalue weighted by Crippen LogP contribution is -2.41. The highest BCUT2D eigenvalue weighted by atomic mass is 16.1. The van der Waals surface area contributed by atoms with Crippen LogP contribution in [0.3, 0.4) is 0 Å². The lowest BCUT2D eigenvalue weighted by molar-refractivity contribution is -0.122. The maximum atomic E-state index is 11.9. The number of hydrogen-bond donors (Lipinski definition) is 1. The molecule has 1 fully saturated rings. The van der Waals surface area contributed by atoms with E-state index in [-0.39, 0.29) is 6.04 Å². The van der Waals surface area contributed by atoms with Crippen LogP contribution in [0.15, 0.2) is 0 Å². The number of Topliss-reactive ketones (excluding diaryl/α,β-unsaturated/α-hetero) is 1. The van der Waals surface area contributed by atoms with E-state index in [9.17, 15) is 4.79 Å². The van der Waals surface area contributed by atoms with Crippen molar-refractivity contribution in [1.29, 1.82) is 0 Å². The summed E-state index contributed by atoms with van der Waals surface area (Å²) >= 11 is 0. The predicted octanol–water partition coefficient (Wildman–Crippen LogP) is 0.903. The van der Waals surface area contributed by atoms with Crippen LogP contribution in [0.25, 0.3) is 0 Å². The lowest BCUT2D eigenvalue weighted by atomic mass is 10.1. The second kappa shape index (κ2) is 11.1. The molecule has 1 unspecified atom stereocenters. The molecule has 0 radical (unpaired) electrons. The van der Waals surface area contributed by atoms with Crippen LogP contribution in [-0.2, 0) is 4.79 Å². The maximum absolute atomic E-state index is 11.9. The van der Waals surface area contributed by atoms with E-state index in [0.717, 1.165) is 58.7 Å². The van der Waals surface area contributed by atoms with E-state index in [0.29, 0.717) is 5.78 Å². The van der Waals surface area contributed by atoms with Crippen molar-refractivity contribution in [2.45, 2.75) is 38.6 Å². The smallest absolute Gasteiger partial charge is 0.146 e. The summed E-state index contributed by atoms with van der Waals surface area (Å²) in [7, 11) is 6.45. The maximum Gasteiger partial charge on any atom is 0.146 e. The van der Waals surface area contributed by atoms with E-state index >= 15 is 0 Å². The zero-order valence-corrected chi connectivity index (χ0v) is 15.1. The standard InChI is InChI=1S/C17H36N4O/c1-16(22)17-8-15-20(3)12-6-10-18-9-5-11-19(2)13-7-14-21(17)4/h17-18H,5-15H2,1-4H3. The van der Waals surface area contributed by atoms with E-state index in [1.54, 1.807) is 6.92 Å². The van der Waals surface area contributed by atoms with Crippen LogP contribution >= 0.6 is 0 Å². The molecular formula is C17H36N4O. The highest BCUT2D eigenvalue weighted by Crippen LogP contribution is 2.07. The molecule has 1 saturated heterocycles. The molecule has 5 nitrogen and oxygen atoms in total. The largest absolute Gasteiger partial charge is 0.317 e. The minimum Gasteiger partial charge on any atom is -0.317 e. The summed E-state index contributed by atoms with van der Waals surface area (Å²) < 4.78 is 0. The third-order valence-corrected chi connectivity index (χ3v) is 4.62. The average molecular weight is 313 g/mol. The summed E-state index contributed by atoms with van der Waals surface area (Å²) in [6.07, 6.45) is 4.44. The average Bonchev–Trinajstić information content (AvgIpc) is 2.45. The van der Waals surface area contributed by atoms with Gasteiger partial charge in [0.05, 0.1) is 6.04 Å². The summed E-state index contributed by atoms with van der Waals surface area (Å²) in [5.74, 6) is 0.298. The third-order valence-electron chi connectivity index (χ3n) is 4.62. The Bertz CT molecular complexity index is 311. The first-order chi connectivity index (χ1) is 10.5. The summed E-state index contributed by atoms with van der Waals surface area (Å²) in [5.41, 5.74) is 0. The quantitative estimate of drug-likeness (QED) is 0.779. The van der Waals surface area contributed by atoms with Gasteiger partial charge in [0.2, 0.25) is 0 Å². The molecule has 1 aliphatic rings. The topological polar surface area (TPSA) is 38.8 Å². The van der Waals surface area contributed by atoms with Crippen LogP contribution in [0.5, 0.6) is 0 Å². The van der Waals surface area contributed by atoms with Crippen LogP contribution < -0.4 is 5.32 Å². The van der Waals surface area contributed by atoms with E-state index in [4.69, 9.17) is 0 Å². The first kappa shape index (κ1) is 19.6. The van der Waals surface area contributed by atoms with Gasteiger partial charge in [0.1, 0.15) is 5.78 Å². The molecular weight excluding hydrogens is 276 g/mol. The summed E-state index contributed by atoms with van der Waals surface area (Å²) in [6, 6.07) is 0.0683. The summed E-state index contributed by atoms with van der Waals surface area (Å²) in [5, 5.41) is 3.53. The van der Waals surface area contributed by atoms with Gasteiger partial charge in [-0.1, -0.05) is 0 Å². The van der Waals surface area contributed by atoms with Crippen molar-refractivity contribution in [3.8, 4) is 0 Å². The van der Waals surface area contributed by atoms with Gasteiger partial charge in [-0.3, -0.25) is 9.69 Å². The van der Waals surface area contributed by atoms with Gasteiger partial charge in [-0.15, -0.1) is 0 Å². The number of nitrogens with one attached hydrogen (secondary N) is 1. The fourth-order valence-corrected chi connectivity index (χ4v) is 3.12. The zero-order chi connectivity index (χ0) is 16.4. The van der Waals surface area contributed by atoms with Gasteiger partial charge in [0.25, 0.3) is 0 Å². The molecule has 5 heteroatoms. The Morgan fingerprint density at radius 3 is 2.00 bits per heavy atom. The molecule has 0 aromatic heterocycles. The molecule has 1 rings (SSSR count).